The second-order valence-electron chi connectivity index (χ2n) is 3.65. The van der Waals surface area contributed by atoms with Crippen LogP contribution in [0.25, 0.3) is 0 Å². The molecule has 0 aromatic carbocycles. The SMILES string of the molecule is N.O=C(O)C(F)(F)C(F)(F)OC(F)(F)C(F)(F)OC(F)(F)C(F)(F)F. The minimum Gasteiger partial charge on any atom is -0.477 e. The Morgan fingerprint density at radius 2 is 0.880 bits per heavy atom. The number of hydrogen-bond acceptors (Lipinski definition) is 4. The number of carbonyl (C=O) groups is 1. The molecule has 5 nitrogen and oxygen atoms in total. The molecule has 0 heterocycles. The van der Waals surface area contributed by atoms with Gasteiger partial charge < -0.3 is 11.3 Å². The topological polar surface area (TPSA) is 90.8 Å². The molecular formula is C7H4F13NO4. The lowest BCUT2D eigenvalue weighted by atomic mass is 10.3. The molecule has 0 aliphatic rings. The zero-order chi connectivity index (χ0) is 20.0. The molecule has 152 valence electrons. The van der Waals surface area contributed by atoms with Crippen molar-refractivity contribution >= 4 is 5.97 Å². The number of hydrogen-bond donors (Lipinski definition) is 2. The maximum atomic E-state index is 12.6. The number of aliphatic carboxylic acids is 1. The molecule has 0 fully saturated rings. The molecule has 0 saturated carbocycles. The lowest BCUT2D eigenvalue weighted by Crippen LogP contribution is -2.59. The van der Waals surface area contributed by atoms with Crippen LogP contribution in [-0.2, 0) is 14.3 Å². The van der Waals surface area contributed by atoms with E-state index >= 15 is 0 Å². The first-order valence-electron chi connectivity index (χ1n) is 4.70. The summed E-state index contributed by atoms with van der Waals surface area (Å²) < 4.78 is 162. The van der Waals surface area contributed by atoms with Crippen molar-refractivity contribution in [3.63, 3.8) is 0 Å². The third-order valence-corrected chi connectivity index (χ3v) is 1.82. The third-order valence-electron chi connectivity index (χ3n) is 1.82. The van der Waals surface area contributed by atoms with Crippen molar-refractivity contribution in [2.24, 2.45) is 0 Å². The average molecular weight is 413 g/mol. The van der Waals surface area contributed by atoms with Crippen molar-refractivity contribution in [3.05, 3.63) is 0 Å². The predicted molar refractivity (Wildman–Crippen MR) is 45.6 cm³/mol. The first-order chi connectivity index (χ1) is 10.1. The van der Waals surface area contributed by atoms with E-state index in [9.17, 15) is 61.9 Å². The van der Waals surface area contributed by atoms with E-state index in [2.05, 4.69) is 0 Å². The first kappa shape index (κ1) is 25.7. The second kappa shape index (κ2) is 6.63. The highest BCUT2D eigenvalue weighted by atomic mass is 19.4. The Kier molecular flexibility index (Phi) is 6.81. The molecular weight excluding hydrogens is 409 g/mol. The molecule has 0 atom stereocenters. The number of ether oxygens (including phenoxy) is 2. The standard InChI is InChI=1S/C7HF13O4.H3N/c8-2(9,1(21)22)4(13,14)23-6(17,18)7(19,20)24-5(15,16)3(10,11)12;/h(H,21,22);1H3. The normalized spacial score (nSPS) is 14.9. The molecule has 0 aliphatic carbocycles. The predicted octanol–water partition coefficient (Wildman–Crippen LogP) is 3.83. The van der Waals surface area contributed by atoms with Crippen LogP contribution in [-0.4, -0.2) is 47.6 Å². The lowest BCUT2D eigenvalue weighted by Gasteiger charge is -2.32. The average Bonchev–Trinajstić information content (AvgIpc) is 2.23. The van der Waals surface area contributed by atoms with Crippen LogP contribution in [0.5, 0.6) is 0 Å². The van der Waals surface area contributed by atoms with Crippen LogP contribution in [0.3, 0.4) is 0 Å². The smallest absolute Gasteiger partial charge is 0.477 e. The molecule has 18 heteroatoms. The summed E-state index contributed by atoms with van der Waals surface area (Å²) in [5.74, 6) is -10.5. The van der Waals surface area contributed by atoms with Gasteiger partial charge in [-0.05, 0) is 0 Å². The van der Waals surface area contributed by atoms with Crippen molar-refractivity contribution in [2.75, 3.05) is 0 Å². The van der Waals surface area contributed by atoms with Crippen molar-refractivity contribution in [1.29, 1.82) is 0 Å². The molecule has 4 N–H and O–H groups in total. The summed E-state index contributed by atoms with van der Waals surface area (Å²) in [5, 5.41) is 7.63. The number of rotatable bonds is 7. The Hall–Kier alpha value is -1.56. The molecule has 0 saturated heterocycles. The van der Waals surface area contributed by atoms with E-state index in [-0.39, 0.29) is 6.15 Å². The summed E-state index contributed by atoms with van der Waals surface area (Å²) in [6, 6.07) is 0. The fourth-order valence-electron chi connectivity index (χ4n) is 0.687. The minimum absolute atomic E-state index is 0. The van der Waals surface area contributed by atoms with Gasteiger partial charge in [0.25, 0.3) is 0 Å². The minimum atomic E-state index is -7.23. The largest absolute Gasteiger partial charge is 0.483 e. The molecule has 0 radical (unpaired) electrons. The number of halogens is 13. The Balaban J connectivity index is 0. The van der Waals surface area contributed by atoms with Crippen LogP contribution in [0, 0.1) is 0 Å². The van der Waals surface area contributed by atoms with E-state index in [1.807, 2.05) is 0 Å². The monoisotopic (exact) mass is 413 g/mol. The molecule has 0 bridgehead atoms. The second-order valence-corrected chi connectivity index (χ2v) is 3.65. The van der Waals surface area contributed by atoms with E-state index in [0.717, 1.165) is 0 Å². The number of carboxylic acids is 1. The summed E-state index contributed by atoms with van der Waals surface area (Å²) >= 11 is 0. The Labute approximate surface area is 126 Å². The van der Waals surface area contributed by atoms with E-state index in [0.29, 0.717) is 0 Å². The number of alkyl halides is 13. The van der Waals surface area contributed by atoms with Crippen LogP contribution in [0.4, 0.5) is 57.1 Å². The van der Waals surface area contributed by atoms with Gasteiger partial charge in [-0.1, -0.05) is 0 Å². The van der Waals surface area contributed by atoms with Crippen LogP contribution in [0.2, 0.25) is 0 Å². The Bertz CT molecular complexity index is 487. The third kappa shape index (κ3) is 4.97. The molecule has 0 aromatic heterocycles. The van der Waals surface area contributed by atoms with Crippen molar-refractivity contribution < 1.29 is 76.5 Å². The van der Waals surface area contributed by atoms with Gasteiger partial charge in [0.1, 0.15) is 0 Å². The van der Waals surface area contributed by atoms with E-state index in [1.54, 1.807) is 0 Å². The van der Waals surface area contributed by atoms with Crippen molar-refractivity contribution in [1.82, 2.24) is 6.15 Å². The maximum absolute atomic E-state index is 12.6. The first-order valence-corrected chi connectivity index (χ1v) is 4.70. The molecule has 0 aliphatic heterocycles. The Morgan fingerprint density at radius 1 is 0.600 bits per heavy atom. The van der Waals surface area contributed by atoms with Gasteiger partial charge in [0.2, 0.25) is 0 Å². The maximum Gasteiger partial charge on any atom is 0.483 e. The van der Waals surface area contributed by atoms with E-state index < -0.39 is 42.5 Å². The zero-order valence-electron chi connectivity index (χ0n) is 10.8. The summed E-state index contributed by atoms with van der Waals surface area (Å²) in [4.78, 5) is 9.72. The van der Waals surface area contributed by atoms with Gasteiger partial charge in [-0.25, -0.2) is 14.3 Å². The summed E-state index contributed by atoms with van der Waals surface area (Å²) in [6.07, 6.45) is -35.5. The highest BCUT2D eigenvalue weighted by molar-refractivity contribution is 5.76. The lowest BCUT2D eigenvalue weighted by molar-refractivity contribution is -0.544. The van der Waals surface area contributed by atoms with E-state index in [1.165, 1.54) is 9.47 Å². The van der Waals surface area contributed by atoms with Gasteiger partial charge in [0.15, 0.2) is 0 Å². The Morgan fingerprint density at radius 3 is 1.12 bits per heavy atom. The fraction of sp³-hybridized carbons (Fsp3) is 0.857. The zero-order valence-corrected chi connectivity index (χ0v) is 10.8. The van der Waals surface area contributed by atoms with Gasteiger partial charge in [-0.3, -0.25) is 0 Å². The number of carboxylic acid groups (broad SMARTS) is 1. The summed E-state index contributed by atoms with van der Waals surface area (Å²) in [7, 11) is 0. The van der Waals surface area contributed by atoms with Gasteiger partial charge >= 0.3 is 42.5 Å². The van der Waals surface area contributed by atoms with Gasteiger partial charge in [0, 0.05) is 0 Å². The fourth-order valence-corrected chi connectivity index (χ4v) is 0.687. The molecule has 0 unspecified atom stereocenters. The van der Waals surface area contributed by atoms with Crippen LogP contribution in [0.1, 0.15) is 0 Å². The highest BCUT2D eigenvalue weighted by Crippen LogP contribution is 2.49. The molecule has 0 amide bonds. The van der Waals surface area contributed by atoms with Gasteiger partial charge in [0.05, 0.1) is 0 Å². The molecule has 0 aromatic rings. The molecule has 25 heavy (non-hydrogen) atoms. The van der Waals surface area contributed by atoms with Gasteiger partial charge in [-0.15, -0.1) is 0 Å². The summed E-state index contributed by atoms with van der Waals surface area (Å²) in [5.41, 5.74) is 0. The summed E-state index contributed by atoms with van der Waals surface area (Å²) in [6.45, 7) is 0. The van der Waals surface area contributed by atoms with E-state index in [4.69, 9.17) is 5.11 Å². The molecule has 0 rings (SSSR count). The van der Waals surface area contributed by atoms with Crippen molar-refractivity contribution in [3.8, 4) is 0 Å². The van der Waals surface area contributed by atoms with Gasteiger partial charge in [-0.2, -0.15) is 57.1 Å². The van der Waals surface area contributed by atoms with Crippen molar-refractivity contribution in [2.45, 2.75) is 36.5 Å². The van der Waals surface area contributed by atoms with Crippen LogP contribution < -0.4 is 6.15 Å². The quantitative estimate of drug-likeness (QED) is 0.620. The van der Waals surface area contributed by atoms with Crippen LogP contribution in [0.15, 0.2) is 0 Å². The molecule has 0 spiro atoms. The van der Waals surface area contributed by atoms with Crippen LogP contribution >= 0.6 is 0 Å². The highest BCUT2D eigenvalue weighted by Gasteiger charge is 2.76.